The number of hydrogen-bond acceptors (Lipinski definition) is 5. The number of nitrogens with zero attached hydrogens (tertiary/aromatic N) is 2. The van der Waals surface area contributed by atoms with Gasteiger partial charge < -0.3 is 4.90 Å². The molecule has 17 heavy (non-hydrogen) atoms. The normalized spacial score (nSPS) is 12.5. The second-order valence-electron chi connectivity index (χ2n) is 3.91. The number of aldehydes is 1. The molecule has 0 spiro atoms. The summed E-state index contributed by atoms with van der Waals surface area (Å²) in [5.41, 5.74) is 0.922. The molecule has 0 saturated carbocycles. The van der Waals surface area contributed by atoms with E-state index in [-0.39, 0.29) is 0 Å². The lowest BCUT2D eigenvalue weighted by molar-refractivity contribution is 0.112. The van der Waals surface area contributed by atoms with Crippen molar-refractivity contribution in [3.05, 3.63) is 10.6 Å². The number of anilines is 1. The first kappa shape index (κ1) is 14.5. The zero-order valence-electron chi connectivity index (χ0n) is 10.9. The van der Waals surface area contributed by atoms with Gasteiger partial charge >= 0.3 is 0 Å². The van der Waals surface area contributed by atoms with Crippen LogP contribution in [0, 0.1) is 0 Å². The molecule has 96 valence electrons. The summed E-state index contributed by atoms with van der Waals surface area (Å²) >= 11 is 3.34. The van der Waals surface area contributed by atoms with Crippen LogP contribution in [0.25, 0.3) is 0 Å². The average Bonchev–Trinajstić information content (AvgIpc) is 2.78. The van der Waals surface area contributed by atoms with E-state index in [9.17, 15) is 4.79 Å². The van der Waals surface area contributed by atoms with Gasteiger partial charge in [0.1, 0.15) is 0 Å². The van der Waals surface area contributed by atoms with Crippen molar-refractivity contribution in [1.29, 1.82) is 0 Å². The third kappa shape index (κ3) is 3.45. The molecular weight excluding hydrogens is 252 g/mol. The number of thioether (sulfide) groups is 1. The third-order valence-corrected chi connectivity index (χ3v) is 4.67. The molecule has 1 heterocycles. The van der Waals surface area contributed by atoms with Crippen LogP contribution in [0.1, 0.15) is 35.6 Å². The molecule has 0 saturated heterocycles. The molecule has 5 heteroatoms. The first-order chi connectivity index (χ1) is 8.17. The van der Waals surface area contributed by atoms with Gasteiger partial charge in [-0.2, -0.15) is 11.8 Å². The molecule has 0 aromatic carbocycles. The summed E-state index contributed by atoms with van der Waals surface area (Å²) in [6, 6.07) is 0.486. The fourth-order valence-corrected chi connectivity index (χ4v) is 3.54. The van der Waals surface area contributed by atoms with Crippen LogP contribution in [0.4, 0.5) is 5.13 Å². The Hall–Kier alpha value is -0.550. The standard InChI is InChI=1S/C12H20N2OS2/c1-5-9(8-16-4)14(3)12-13-10(6-2)11(7-15)17-12/h7,9H,5-6,8H2,1-4H3. The van der Waals surface area contributed by atoms with Gasteiger partial charge in [-0.25, -0.2) is 4.98 Å². The Morgan fingerprint density at radius 3 is 2.65 bits per heavy atom. The monoisotopic (exact) mass is 272 g/mol. The highest BCUT2D eigenvalue weighted by Gasteiger charge is 2.18. The molecule has 0 amide bonds. The van der Waals surface area contributed by atoms with Crippen LogP contribution in [0.15, 0.2) is 0 Å². The first-order valence-electron chi connectivity index (χ1n) is 5.84. The molecule has 0 fully saturated rings. The van der Waals surface area contributed by atoms with E-state index in [1.54, 1.807) is 0 Å². The summed E-state index contributed by atoms with van der Waals surface area (Å²) < 4.78 is 0. The van der Waals surface area contributed by atoms with Crippen LogP contribution in [0.3, 0.4) is 0 Å². The molecule has 1 aromatic heterocycles. The molecule has 0 bridgehead atoms. The highest BCUT2D eigenvalue weighted by Crippen LogP contribution is 2.27. The van der Waals surface area contributed by atoms with Crippen LogP contribution in [0.5, 0.6) is 0 Å². The van der Waals surface area contributed by atoms with Crippen molar-refractivity contribution in [1.82, 2.24) is 4.98 Å². The minimum absolute atomic E-state index is 0.486. The van der Waals surface area contributed by atoms with Gasteiger partial charge in [-0.05, 0) is 19.1 Å². The smallest absolute Gasteiger partial charge is 0.186 e. The maximum absolute atomic E-state index is 10.9. The highest BCUT2D eigenvalue weighted by molar-refractivity contribution is 7.98. The Bertz CT molecular complexity index is 365. The van der Waals surface area contributed by atoms with Crippen LogP contribution < -0.4 is 4.90 Å². The number of aromatic nitrogens is 1. The lowest BCUT2D eigenvalue weighted by atomic mass is 10.2. The Balaban J connectivity index is 2.90. The quantitative estimate of drug-likeness (QED) is 0.714. The van der Waals surface area contributed by atoms with Crippen LogP contribution in [-0.2, 0) is 6.42 Å². The van der Waals surface area contributed by atoms with Gasteiger partial charge in [0.2, 0.25) is 0 Å². The van der Waals surface area contributed by atoms with Crippen molar-refractivity contribution >= 4 is 34.5 Å². The topological polar surface area (TPSA) is 33.2 Å². The lowest BCUT2D eigenvalue weighted by Crippen LogP contribution is -2.33. The summed E-state index contributed by atoms with van der Waals surface area (Å²) in [7, 11) is 2.07. The number of rotatable bonds is 7. The van der Waals surface area contributed by atoms with E-state index in [0.717, 1.165) is 40.6 Å². The molecule has 0 aliphatic heterocycles. The molecule has 3 nitrogen and oxygen atoms in total. The molecule has 0 aliphatic carbocycles. The van der Waals surface area contributed by atoms with Gasteiger partial charge in [-0.3, -0.25) is 4.79 Å². The second kappa shape index (κ2) is 7.01. The molecule has 1 aromatic rings. The van der Waals surface area contributed by atoms with Crippen LogP contribution in [0.2, 0.25) is 0 Å². The van der Waals surface area contributed by atoms with Crippen molar-refractivity contribution in [2.24, 2.45) is 0 Å². The predicted molar refractivity (Wildman–Crippen MR) is 77.7 cm³/mol. The van der Waals surface area contributed by atoms with Gasteiger partial charge in [0.25, 0.3) is 0 Å². The summed E-state index contributed by atoms with van der Waals surface area (Å²) in [5, 5.41) is 0.963. The average molecular weight is 272 g/mol. The summed E-state index contributed by atoms with van der Waals surface area (Å²) in [6.45, 7) is 4.22. The molecule has 0 aliphatic rings. The third-order valence-electron chi connectivity index (χ3n) is 2.84. The van der Waals surface area contributed by atoms with Crippen LogP contribution in [-0.4, -0.2) is 36.4 Å². The fourth-order valence-electron chi connectivity index (χ4n) is 1.70. The predicted octanol–water partition coefficient (Wildman–Crippen LogP) is 3.10. The lowest BCUT2D eigenvalue weighted by Gasteiger charge is -2.26. The Kier molecular flexibility index (Phi) is 5.98. The van der Waals surface area contributed by atoms with Gasteiger partial charge in [-0.15, -0.1) is 0 Å². The van der Waals surface area contributed by atoms with E-state index in [2.05, 4.69) is 30.1 Å². The molecular formula is C12H20N2OS2. The van der Waals surface area contributed by atoms with E-state index < -0.39 is 0 Å². The van der Waals surface area contributed by atoms with Crippen molar-refractivity contribution in [2.45, 2.75) is 32.7 Å². The van der Waals surface area contributed by atoms with E-state index in [1.165, 1.54) is 11.3 Å². The van der Waals surface area contributed by atoms with Gasteiger partial charge in [0, 0.05) is 18.8 Å². The molecule has 1 rings (SSSR count). The van der Waals surface area contributed by atoms with E-state index in [4.69, 9.17) is 0 Å². The zero-order valence-corrected chi connectivity index (χ0v) is 12.5. The van der Waals surface area contributed by atoms with Gasteiger partial charge in [0.05, 0.1) is 10.6 Å². The molecule has 1 atom stereocenters. The van der Waals surface area contributed by atoms with Crippen molar-refractivity contribution in [2.75, 3.05) is 24.0 Å². The molecule has 0 radical (unpaired) electrons. The zero-order chi connectivity index (χ0) is 12.8. The number of carbonyl (C=O) groups excluding carboxylic acids is 1. The number of aryl methyl sites for hydroxylation is 1. The van der Waals surface area contributed by atoms with Gasteiger partial charge in [-0.1, -0.05) is 25.2 Å². The minimum Gasteiger partial charge on any atom is -0.347 e. The minimum atomic E-state index is 0.486. The van der Waals surface area contributed by atoms with Crippen molar-refractivity contribution in [3.63, 3.8) is 0 Å². The van der Waals surface area contributed by atoms with E-state index >= 15 is 0 Å². The first-order valence-corrected chi connectivity index (χ1v) is 8.05. The van der Waals surface area contributed by atoms with Crippen molar-refractivity contribution in [3.8, 4) is 0 Å². The number of hydrogen-bond donors (Lipinski definition) is 0. The summed E-state index contributed by atoms with van der Waals surface area (Å²) in [4.78, 5) is 18.5. The summed E-state index contributed by atoms with van der Waals surface area (Å²) in [5.74, 6) is 1.09. The number of carbonyl (C=O) groups is 1. The maximum atomic E-state index is 10.9. The Morgan fingerprint density at radius 2 is 2.24 bits per heavy atom. The molecule has 1 unspecified atom stereocenters. The number of thiazole rings is 1. The second-order valence-corrected chi connectivity index (χ2v) is 5.83. The van der Waals surface area contributed by atoms with E-state index in [1.807, 2.05) is 18.7 Å². The maximum Gasteiger partial charge on any atom is 0.186 e. The highest BCUT2D eigenvalue weighted by atomic mass is 32.2. The van der Waals surface area contributed by atoms with Gasteiger partial charge in [0.15, 0.2) is 11.4 Å². The van der Waals surface area contributed by atoms with Crippen molar-refractivity contribution < 1.29 is 4.79 Å². The Labute approximate surface area is 112 Å². The van der Waals surface area contributed by atoms with Crippen LogP contribution >= 0.6 is 23.1 Å². The largest absolute Gasteiger partial charge is 0.347 e. The Morgan fingerprint density at radius 1 is 1.53 bits per heavy atom. The molecule has 0 N–H and O–H groups in total. The SMILES string of the molecule is CCc1nc(N(C)C(CC)CSC)sc1C=O. The van der Waals surface area contributed by atoms with E-state index in [0.29, 0.717) is 6.04 Å². The summed E-state index contributed by atoms with van der Waals surface area (Å²) in [6.07, 6.45) is 4.95. The fraction of sp³-hybridized carbons (Fsp3) is 0.667.